The molecule has 94 valence electrons. The van der Waals surface area contributed by atoms with E-state index in [-0.39, 0.29) is 25.0 Å². The Hall–Kier alpha value is -1.55. The van der Waals surface area contributed by atoms with Crippen LogP contribution in [0, 0.1) is 5.92 Å². The number of rotatable bonds is 7. The van der Waals surface area contributed by atoms with Gasteiger partial charge in [-0.15, -0.1) is 0 Å². The van der Waals surface area contributed by atoms with Gasteiger partial charge in [0.25, 0.3) is 5.91 Å². The fourth-order valence-corrected chi connectivity index (χ4v) is 1.33. The average molecular weight is 237 g/mol. The van der Waals surface area contributed by atoms with Crippen LogP contribution in [0.3, 0.4) is 0 Å². The largest absolute Gasteiger partial charge is 0.484 e. The van der Waals surface area contributed by atoms with Crippen molar-refractivity contribution in [3.63, 3.8) is 0 Å². The van der Waals surface area contributed by atoms with Crippen LogP contribution < -0.4 is 10.1 Å². The van der Waals surface area contributed by atoms with Crippen molar-refractivity contribution < 1.29 is 14.6 Å². The zero-order valence-electron chi connectivity index (χ0n) is 10.1. The van der Waals surface area contributed by atoms with E-state index in [1.54, 1.807) is 0 Å². The topological polar surface area (TPSA) is 58.6 Å². The van der Waals surface area contributed by atoms with Crippen molar-refractivity contribution in [2.75, 3.05) is 19.8 Å². The smallest absolute Gasteiger partial charge is 0.257 e. The Bertz CT molecular complexity index is 327. The van der Waals surface area contributed by atoms with Gasteiger partial charge in [-0.25, -0.2) is 0 Å². The van der Waals surface area contributed by atoms with E-state index in [2.05, 4.69) is 5.32 Å². The van der Waals surface area contributed by atoms with Crippen LogP contribution in [0.4, 0.5) is 0 Å². The van der Waals surface area contributed by atoms with Crippen LogP contribution >= 0.6 is 0 Å². The van der Waals surface area contributed by atoms with E-state index >= 15 is 0 Å². The van der Waals surface area contributed by atoms with Crippen LogP contribution in [0.25, 0.3) is 0 Å². The van der Waals surface area contributed by atoms with Crippen molar-refractivity contribution >= 4 is 5.91 Å². The third-order valence-corrected chi connectivity index (χ3v) is 2.38. The lowest BCUT2D eigenvalue weighted by Gasteiger charge is -2.11. The van der Waals surface area contributed by atoms with E-state index in [0.717, 1.165) is 0 Å². The minimum Gasteiger partial charge on any atom is -0.484 e. The molecular weight excluding hydrogens is 218 g/mol. The molecule has 1 unspecified atom stereocenters. The van der Waals surface area contributed by atoms with Gasteiger partial charge in [0.05, 0.1) is 0 Å². The molecule has 1 amide bonds. The van der Waals surface area contributed by atoms with Crippen LogP contribution in [0.1, 0.15) is 13.3 Å². The number of aliphatic hydroxyl groups excluding tert-OH is 1. The maximum atomic E-state index is 11.4. The summed E-state index contributed by atoms with van der Waals surface area (Å²) >= 11 is 0. The highest BCUT2D eigenvalue weighted by molar-refractivity contribution is 5.77. The van der Waals surface area contributed by atoms with Crippen molar-refractivity contribution in [1.29, 1.82) is 0 Å². The minimum atomic E-state index is -0.140. The van der Waals surface area contributed by atoms with Gasteiger partial charge in [0.15, 0.2) is 6.61 Å². The number of carbonyl (C=O) groups excluding carboxylic acids is 1. The lowest BCUT2D eigenvalue weighted by atomic mass is 10.1. The minimum absolute atomic E-state index is 0.0237. The lowest BCUT2D eigenvalue weighted by molar-refractivity contribution is -0.123. The molecule has 4 nitrogen and oxygen atoms in total. The Morgan fingerprint density at radius 1 is 1.41 bits per heavy atom. The SMILES string of the molecule is CC(CCO)CNC(=O)COc1ccccc1. The zero-order valence-corrected chi connectivity index (χ0v) is 10.1. The van der Waals surface area contributed by atoms with Gasteiger partial charge in [0.1, 0.15) is 5.75 Å². The van der Waals surface area contributed by atoms with E-state index in [1.807, 2.05) is 37.3 Å². The quantitative estimate of drug-likeness (QED) is 0.749. The van der Waals surface area contributed by atoms with E-state index in [4.69, 9.17) is 9.84 Å². The Morgan fingerprint density at radius 3 is 2.76 bits per heavy atom. The summed E-state index contributed by atoms with van der Waals surface area (Å²) < 4.78 is 5.30. The summed E-state index contributed by atoms with van der Waals surface area (Å²) in [6, 6.07) is 9.22. The molecule has 0 heterocycles. The molecule has 0 aliphatic heterocycles. The fourth-order valence-electron chi connectivity index (χ4n) is 1.33. The fraction of sp³-hybridized carbons (Fsp3) is 0.462. The molecule has 0 aromatic heterocycles. The second kappa shape index (κ2) is 7.68. The van der Waals surface area contributed by atoms with Gasteiger partial charge in [-0.05, 0) is 24.5 Å². The van der Waals surface area contributed by atoms with E-state index < -0.39 is 0 Å². The van der Waals surface area contributed by atoms with Gasteiger partial charge in [0, 0.05) is 13.2 Å². The number of aliphatic hydroxyl groups is 1. The van der Waals surface area contributed by atoms with Crippen LogP contribution in [-0.4, -0.2) is 30.8 Å². The van der Waals surface area contributed by atoms with Gasteiger partial charge < -0.3 is 15.2 Å². The maximum absolute atomic E-state index is 11.4. The lowest BCUT2D eigenvalue weighted by Crippen LogP contribution is -2.32. The van der Waals surface area contributed by atoms with Crippen molar-refractivity contribution in [3.8, 4) is 5.75 Å². The Balaban J connectivity index is 2.17. The average Bonchev–Trinajstić information content (AvgIpc) is 2.35. The first-order valence-corrected chi connectivity index (χ1v) is 5.77. The molecule has 0 aliphatic carbocycles. The molecule has 17 heavy (non-hydrogen) atoms. The molecular formula is C13H19NO3. The summed E-state index contributed by atoms with van der Waals surface area (Å²) in [6.45, 7) is 2.72. The number of carbonyl (C=O) groups is 1. The zero-order chi connectivity index (χ0) is 12.5. The molecule has 2 N–H and O–H groups in total. The summed E-state index contributed by atoms with van der Waals surface area (Å²) in [5, 5.41) is 11.5. The van der Waals surface area contributed by atoms with Gasteiger partial charge in [-0.2, -0.15) is 0 Å². The molecule has 0 spiro atoms. The third-order valence-electron chi connectivity index (χ3n) is 2.38. The highest BCUT2D eigenvalue weighted by atomic mass is 16.5. The number of hydrogen-bond donors (Lipinski definition) is 2. The highest BCUT2D eigenvalue weighted by Gasteiger charge is 2.05. The molecule has 0 saturated carbocycles. The molecule has 0 bridgehead atoms. The van der Waals surface area contributed by atoms with Gasteiger partial charge in [0.2, 0.25) is 0 Å². The molecule has 1 aromatic carbocycles. The maximum Gasteiger partial charge on any atom is 0.257 e. The summed E-state index contributed by atoms with van der Waals surface area (Å²) in [5.74, 6) is 0.824. The number of ether oxygens (including phenoxy) is 1. The Morgan fingerprint density at radius 2 is 2.12 bits per heavy atom. The first-order valence-electron chi connectivity index (χ1n) is 5.77. The Kier molecular flexibility index (Phi) is 6.10. The first kappa shape index (κ1) is 13.5. The predicted octanol–water partition coefficient (Wildman–Crippen LogP) is 1.20. The second-order valence-electron chi connectivity index (χ2n) is 4.02. The monoisotopic (exact) mass is 237 g/mol. The van der Waals surface area contributed by atoms with Gasteiger partial charge in [-0.1, -0.05) is 25.1 Å². The number of para-hydroxylation sites is 1. The highest BCUT2D eigenvalue weighted by Crippen LogP contribution is 2.07. The van der Waals surface area contributed by atoms with E-state index in [1.165, 1.54) is 0 Å². The van der Waals surface area contributed by atoms with Crippen molar-refractivity contribution in [2.24, 2.45) is 5.92 Å². The molecule has 0 fully saturated rings. The van der Waals surface area contributed by atoms with E-state index in [0.29, 0.717) is 18.7 Å². The molecule has 0 aliphatic rings. The number of amides is 1. The molecule has 1 aromatic rings. The van der Waals surface area contributed by atoms with Gasteiger partial charge in [-0.3, -0.25) is 4.79 Å². The Labute approximate surface area is 102 Å². The van der Waals surface area contributed by atoms with Crippen molar-refractivity contribution in [2.45, 2.75) is 13.3 Å². The predicted molar refractivity (Wildman–Crippen MR) is 65.8 cm³/mol. The third kappa shape index (κ3) is 5.92. The molecule has 0 saturated heterocycles. The van der Waals surface area contributed by atoms with Crippen LogP contribution in [-0.2, 0) is 4.79 Å². The number of benzene rings is 1. The standard InChI is InChI=1S/C13H19NO3/c1-11(7-8-15)9-14-13(16)10-17-12-5-3-2-4-6-12/h2-6,11,15H,7-10H2,1H3,(H,14,16). The normalized spacial score (nSPS) is 11.9. The summed E-state index contributed by atoms with van der Waals surface area (Å²) in [4.78, 5) is 11.4. The van der Waals surface area contributed by atoms with Crippen molar-refractivity contribution in [3.05, 3.63) is 30.3 Å². The molecule has 0 radical (unpaired) electrons. The molecule has 1 rings (SSSR count). The molecule has 4 heteroatoms. The summed E-state index contributed by atoms with van der Waals surface area (Å²) in [5.41, 5.74) is 0. The van der Waals surface area contributed by atoms with E-state index in [9.17, 15) is 4.79 Å². The summed E-state index contributed by atoms with van der Waals surface area (Å²) in [6.07, 6.45) is 0.694. The number of hydrogen-bond acceptors (Lipinski definition) is 3. The number of nitrogens with one attached hydrogen (secondary N) is 1. The summed E-state index contributed by atoms with van der Waals surface area (Å²) in [7, 11) is 0. The molecule has 1 atom stereocenters. The van der Waals surface area contributed by atoms with Gasteiger partial charge >= 0.3 is 0 Å². The van der Waals surface area contributed by atoms with Crippen LogP contribution in [0.5, 0.6) is 5.75 Å². The van der Waals surface area contributed by atoms with Crippen molar-refractivity contribution in [1.82, 2.24) is 5.32 Å². The van der Waals surface area contributed by atoms with Crippen LogP contribution in [0.2, 0.25) is 0 Å². The second-order valence-corrected chi connectivity index (χ2v) is 4.02. The van der Waals surface area contributed by atoms with Crippen LogP contribution in [0.15, 0.2) is 30.3 Å². The first-order chi connectivity index (χ1) is 8.22.